The highest BCUT2D eigenvalue weighted by molar-refractivity contribution is 7.26. The van der Waals surface area contributed by atoms with Gasteiger partial charge in [-0.05, 0) is 36.4 Å². The zero-order chi connectivity index (χ0) is 29.5. The van der Waals surface area contributed by atoms with E-state index in [-0.39, 0.29) is 0 Å². The second-order valence-electron chi connectivity index (χ2n) is 11.4. The maximum Gasteiger partial charge on any atom is 0.161 e. The van der Waals surface area contributed by atoms with Gasteiger partial charge in [0.05, 0.1) is 26.9 Å². The minimum Gasteiger partial charge on any atom is -0.456 e. The topological polar surface area (TPSA) is 43.9 Å². The SMILES string of the molecule is c1ccc(-c2nc(-c3cccc4oc5cc(-n6c7ccccc7c7ccccc76)ccc5c34)nc3c2sc2ccccc23)cc1. The average molecular weight is 594 g/mol. The molecule has 0 N–H and O–H groups in total. The van der Waals surface area contributed by atoms with E-state index in [1.54, 1.807) is 11.3 Å². The summed E-state index contributed by atoms with van der Waals surface area (Å²) in [7, 11) is 0. The number of fused-ring (bicyclic) bond motifs is 9. The third-order valence-corrected chi connectivity index (χ3v) is 9.99. The molecule has 45 heavy (non-hydrogen) atoms. The van der Waals surface area contributed by atoms with Crippen molar-refractivity contribution in [3.63, 3.8) is 0 Å². The first-order chi connectivity index (χ1) is 22.3. The highest BCUT2D eigenvalue weighted by Crippen LogP contribution is 2.42. The normalized spacial score (nSPS) is 12.0. The van der Waals surface area contributed by atoms with Gasteiger partial charge in [-0.2, -0.15) is 0 Å². The Balaban J connectivity index is 1.23. The molecule has 4 aromatic heterocycles. The van der Waals surface area contributed by atoms with E-state index in [1.807, 2.05) is 18.2 Å². The van der Waals surface area contributed by atoms with Crippen molar-refractivity contribution >= 4 is 75.4 Å². The summed E-state index contributed by atoms with van der Waals surface area (Å²) < 4.78 is 11.2. The van der Waals surface area contributed by atoms with Gasteiger partial charge in [-0.25, -0.2) is 9.97 Å². The maximum absolute atomic E-state index is 6.57. The van der Waals surface area contributed by atoms with E-state index in [1.165, 1.54) is 26.5 Å². The fourth-order valence-electron chi connectivity index (χ4n) is 6.84. The van der Waals surface area contributed by atoms with Crippen LogP contribution in [0.1, 0.15) is 0 Å². The van der Waals surface area contributed by atoms with E-state index >= 15 is 0 Å². The molecule has 6 aromatic carbocycles. The molecule has 4 heterocycles. The Morgan fingerprint density at radius 1 is 0.556 bits per heavy atom. The summed E-state index contributed by atoms with van der Waals surface area (Å²) in [5.41, 5.74) is 9.05. The van der Waals surface area contributed by atoms with Gasteiger partial charge in [0.25, 0.3) is 0 Å². The van der Waals surface area contributed by atoms with Gasteiger partial charge < -0.3 is 8.98 Å². The maximum atomic E-state index is 6.57. The van der Waals surface area contributed by atoms with Crippen molar-refractivity contribution in [2.75, 3.05) is 0 Å². The van der Waals surface area contributed by atoms with Crippen LogP contribution in [-0.4, -0.2) is 14.5 Å². The van der Waals surface area contributed by atoms with E-state index in [0.717, 1.165) is 60.0 Å². The zero-order valence-electron chi connectivity index (χ0n) is 23.9. The molecule has 0 aliphatic heterocycles. The van der Waals surface area contributed by atoms with Crippen LogP contribution in [0.5, 0.6) is 0 Å². The van der Waals surface area contributed by atoms with Gasteiger partial charge in [0, 0.05) is 54.5 Å². The molecule has 5 heteroatoms. The predicted octanol–water partition coefficient (Wildman–Crippen LogP) is 11.2. The number of benzene rings is 6. The number of hydrogen-bond donors (Lipinski definition) is 0. The summed E-state index contributed by atoms with van der Waals surface area (Å²) >= 11 is 1.75. The molecule has 0 radical (unpaired) electrons. The minimum atomic E-state index is 0.699. The lowest BCUT2D eigenvalue weighted by Crippen LogP contribution is -1.94. The van der Waals surface area contributed by atoms with Gasteiger partial charge in [0.2, 0.25) is 0 Å². The summed E-state index contributed by atoms with van der Waals surface area (Å²) in [6, 6.07) is 48.8. The molecule has 0 aliphatic rings. The van der Waals surface area contributed by atoms with Crippen LogP contribution in [0, 0.1) is 0 Å². The van der Waals surface area contributed by atoms with Crippen LogP contribution in [0.25, 0.3) is 92.4 Å². The van der Waals surface area contributed by atoms with Gasteiger partial charge >= 0.3 is 0 Å². The largest absolute Gasteiger partial charge is 0.456 e. The van der Waals surface area contributed by atoms with Crippen molar-refractivity contribution in [2.24, 2.45) is 0 Å². The Bertz CT molecular complexity index is 2720. The Hall–Kier alpha value is -5.78. The van der Waals surface area contributed by atoms with E-state index in [9.17, 15) is 0 Å². The Kier molecular flexibility index (Phi) is 5.12. The van der Waals surface area contributed by atoms with Crippen molar-refractivity contribution in [3.05, 3.63) is 140 Å². The standard InChI is InChI=1S/C40H23N3OS/c1-2-11-24(12-3-1)37-39-38(29-15-6-9-20-35(29)45-39)42-40(41-37)30-16-10-19-33-36(30)28-22-21-25(23-34(28)44-33)43-31-17-7-4-13-26(31)27-14-5-8-18-32(27)43/h1-23H. The van der Waals surface area contributed by atoms with Gasteiger partial charge in [-0.1, -0.05) is 97.1 Å². The summed E-state index contributed by atoms with van der Waals surface area (Å²) in [6.45, 7) is 0. The Morgan fingerprint density at radius 2 is 1.27 bits per heavy atom. The van der Waals surface area contributed by atoms with Crippen molar-refractivity contribution in [1.29, 1.82) is 0 Å². The van der Waals surface area contributed by atoms with Gasteiger partial charge in [-0.15, -0.1) is 11.3 Å². The predicted molar refractivity (Wildman–Crippen MR) is 187 cm³/mol. The van der Waals surface area contributed by atoms with Crippen LogP contribution in [0.3, 0.4) is 0 Å². The number of hydrogen-bond acceptors (Lipinski definition) is 4. The van der Waals surface area contributed by atoms with Gasteiger partial charge in [0.15, 0.2) is 5.82 Å². The molecule has 0 amide bonds. The lowest BCUT2D eigenvalue weighted by Gasteiger charge is -2.09. The van der Waals surface area contributed by atoms with E-state index in [0.29, 0.717) is 5.82 Å². The quantitative estimate of drug-likeness (QED) is 0.205. The van der Waals surface area contributed by atoms with Gasteiger partial charge in [-0.3, -0.25) is 0 Å². The monoisotopic (exact) mass is 593 g/mol. The number of furan rings is 1. The van der Waals surface area contributed by atoms with Gasteiger partial charge in [0.1, 0.15) is 11.2 Å². The number of thiophene rings is 1. The number of para-hydroxylation sites is 2. The minimum absolute atomic E-state index is 0.699. The molecular weight excluding hydrogens is 571 g/mol. The van der Waals surface area contributed by atoms with Crippen molar-refractivity contribution < 1.29 is 4.42 Å². The van der Waals surface area contributed by atoms with Crippen LogP contribution < -0.4 is 0 Å². The number of rotatable bonds is 3. The Morgan fingerprint density at radius 3 is 2.07 bits per heavy atom. The molecule has 0 bridgehead atoms. The van der Waals surface area contributed by atoms with Crippen molar-refractivity contribution in [3.8, 4) is 28.3 Å². The lowest BCUT2D eigenvalue weighted by atomic mass is 10.0. The molecule has 0 aliphatic carbocycles. The summed E-state index contributed by atoms with van der Waals surface area (Å²) in [4.78, 5) is 10.5. The molecule has 10 aromatic rings. The van der Waals surface area contributed by atoms with Crippen LogP contribution in [0.15, 0.2) is 144 Å². The fourth-order valence-corrected chi connectivity index (χ4v) is 8.00. The second kappa shape index (κ2) is 9.36. The molecular formula is C40H23N3OS. The van der Waals surface area contributed by atoms with Crippen LogP contribution in [0.4, 0.5) is 0 Å². The average Bonchev–Trinajstić information content (AvgIpc) is 3.77. The molecule has 0 saturated heterocycles. The summed E-state index contributed by atoms with van der Waals surface area (Å²) in [5, 5.41) is 5.70. The first-order valence-electron chi connectivity index (χ1n) is 15.0. The zero-order valence-corrected chi connectivity index (χ0v) is 24.8. The fraction of sp³-hybridized carbons (Fsp3) is 0. The first kappa shape index (κ1) is 24.6. The van der Waals surface area contributed by atoms with Crippen molar-refractivity contribution in [2.45, 2.75) is 0 Å². The third kappa shape index (κ3) is 3.59. The molecule has 210 valence electrons. The molecule has 0 saturated carbocycles. The third-order valence-electron chi connectivity index (χ3n) is 8.83. The Labute approximate surface area is 261 Å². The van der Waals surface area contributed by atoms with Crippen LogP contribution in [-0.2, 0) is 0 Å². The number of nitrogens with zero attached hydrogens (tertiary/aromatic N) is 3. The molecule has 0 fully saturated rings. The van der Waals surface area contributed by atoms with E-state index in [4.69, 9.17) is 14.4 Å². The van der Waals surface area contributed by atoms with Crippen LogP contribution >= 0.6 is 11.3 Å². The molecule has 4 nitrogen and oxygen atoms in total. The van der Waals surface area contributed by atoms with Crippen molar-refractivity contribution in [1.82, 2.24) is 14.5 Å². The smallest absolute Gasteiger partial charge is 0.161 e. The summed E-state index contributed by atoms with van der Waals surface area (Å²) in [5.74, 6) is 0.699. The second-order valence-corrected chi connectivity index (χ2v) is 12.4. The van der Waals surface area contributed by atoms with E-state index in [2.05, 4.69) is 126 Å². The summed E-state index contributed by atoms with van der Waals surface area (Å²) in [6.07, 6.45) is 0. The molecule has 10 rings (SSSR count). The van der Waals surface area contributed by atoms with E-state index < -0.39 is 0 Å². The first-order valence-corrected chi connectivity index (χ1v) is 15.8. The van der Waals surface area contributed by atoms with Crippen LogP contribution in [0.2, 0.25) is 0 Å². The molecule has 0 spiro atoms. The molecule has 0 atom stereocenters. The number of aromatic nitrogens is 3. The molecule has 0 unspecified atom stereocenters. The lowest BCUT2D eigenvalue weighted by molar-refractivity contribution is 0.668. The highest BCUT2D eigenvalue weighted by atomic mass is 32.1. The highest BCUT2D eigenvalue weighted by Gasteiger charge is 2.20.